The summed E-state index contributed by atoms with van der Waals surface area (Å²) in [6.07, 6.45) is 0.609. The number of carbonyl (C=O) groups excluding carboxylic acids is 2. The molecule has 0 spiro atoms. The SMILES string of the molecule is COC(=O)c1cccc(NC(=O)[C@H]2[C@H](C(=O)O)[C@H]3CC[C@H]2O3)c1. The van der Waals surface area contributed by atoms with Crippen LogP contribution in [0.5, 0.6) is 0 Å². The Kier molecular flexibility index (Phi) is 4.04. The molecule has 3 rings (SSSR count). The largest absolute Gasteiger partial charge is 0.481 e. The van der Waals surface area contributed by atoms with Gasteiger partial charge in [-0.1, -0.05) is 6.07 Å². The molecule has 7 nitrogen and oxygen atoms in total. The summed E-state index contributed by atoms with van der Waals surface area (Å²) in [4.78, 5) is 35.4. The van der Waals surface area contributed by atoms with Gasteiger partial charge in [-0.25, -0.2) is 4.79 Å². The maximum atomic E-state index is 12.5. The average Bonchev–Trinajstić information content (AvgIpc) is 3.15. The normalized spacial score (nSPS) is 28.4. The van der Waals surface area contributed by atoms with E-state index in [0.29, 0.717) is 24.1 Å². The first-order valence-corrected chi connectivity index (χ1v) is 7.38. The van der Waals surface area contributed by atoms with Crippen LogP contribution in [0.3, 0.4) is 0 Å². The number of nitrogens with one attached hydrogen (secondary N) is 1. The van der Waals surface area contributed by atoms with Crippen LogP contribution in [-0.2, 0) is 19.1 Å². The number of carboxylic acids is 1. The van der Waals surface area contributed by atoms with Crippen LogP contribution in [0.25, 0.3) is 0 Å². The van der Waals surface area contributed by atoms with Crippen molar-refractivity contribution in [3.63, 3.8) is 0 Å². The van der Waals surface area contributed by atoms with Gasteiger partial charge in [0.1, 0.15) is 0 Å². The number of aliphatic carboxylic acids is 1. The Morgan fingerprint density at radius 1 is 1.22 bits per heavy atom. The van der Waals surface area contributed by atoms with Crippen molar-refractivity contribution < 1.29 is 29.0 Å². The van der Waals surface area contributed by atoms with E-state index in [1.165, 1.54) is 13.2 Å². The molecule has 2 aliphatic heterocycles. The Balaban J connectivity index is 1.77. The number of carbonyl (C=O) groups is 3. The molecule has 23 heavy (non-hydrogen) atoms. The first-order chi connectivity index (χ1) is 11.0. The highest BCUT2D eigenvalue weighted by Gasteiger charge is 2.55. The maximum absolute atomic E-state index is 12.5. The maximum Gasteiger partial charge on any atom is 0.337 e. The van der Waals surface area contributed by atoms with Gasteiger partial charge in [0, 0.05) is 5.69 Å². The molecule has 2 fully saturated rings. The molecule has 1 aromatic carbocycles. The third-order valence-electron chi connectivity index (χ3n) is 4.41. The van der Waals surface area contributed by atoms with Crippen LogP contribution in [0.15, 0.2) is 24.3 Å². The molecule has 4 atom stereocenters. The van der Waals surface area contributed by atoms with Crippen LogP contribution in [-0.4, -0.2) is 42.3 Å². The zero-order chi connectivity index (χ0) is 16.6. The van der Waals surface area contributed by atoms with Gasteiger partial charge in [-0.3, -0.25) is 9.59 Å². The predicted octanol–water partition coefficient (Wildman–Crippen LogP) is 1.29. The Morgan fingerprint density at radius 2 is 1.91 bits per heavy atom. The summed E-state index contributed by atoms with van der Waals surface area (Å²) in [5, 5.41) is 12.0. The minimum Gasteiger partial charge on any atom is -0.481 e. The van der Waals surface area contributed by atoms with Crippen molar-refractivity contribution in [3.8, 4) is 0 Å². The summed E-state index contributed by atoms with van der Waals surface area (Å²) in [5.41, 5.74) is 0.731. The Hall–Kier alpha value is -2.41. The van der Waals surface area contributed by atoms with Crippen molar-refractivity contribution in [3.05, 3.63) is 29.8 Å². The third kappa shape index (κ3) is 2.79. The molecule has 1 aromatic rings. The Bertz CT molecular complexity index is 658. The van der Waals surface area contributed by atoms with Crippen molar-refractivity contribution in [1.29, 1.82) is 0 Å². The molecule has 2 N–H and O–H groups in total. The van der Waals surface area contributed by atoms with Gasteiger partial charge < -0.3 is 19.9 Å². The van der Waals surface area contributed by atoms with E-state index < -0.39 is 35.8 Å². The molecule has 2 heterocycles. The molecule has 2 saturated heterocycles. The van der Waals surface area contributed by atoms with Crippen molar-refractivity contribution in [1.82, 2.24) is 0 Å². The van der Waals surface area contributed by atoms with Gasteiger partial charge in [-0.2, -0.15) is 0 Å². The van der Waals surface area contributed by atoms with E-state index in [9.17, 15) is 19.5 Å². The summed E-state index contributed by atoms with van der Waals surface area (Å²) in [6.45, 7) is 0. The minimum atomic E-state index is -1.01. The third-order valence-corrected chi connectivity index (χ3v) is 4.41. The van der Waals surface area contributed by atoms with Gasteiger partial charge in [-0.05, 0) is 31.0 Å². The van der Waals surface area contributed by atoms with E-state index in [2.05, 4.69) is 10.1 Å². The van der Waals surface area contributed by atoms with E-state index in [0.717, 1.165) is 0 Å². The van der Waals surface area contributed by atoms with Crippen LogP contribution in [0, 0.1) is 11.8 Å². The van der Waals surface area contributed by atoms with E-state index >= 15 is 0 Å². The number of ether oxygens (including phenoxy) is 2. The number of carboxylic acid groups (broad SMARTS) is 1. The lowest BCUT2D eigenvalue weighted by atomic mass is 9.78. The van der Waals surface area contributed by atoms with Crippen molar-refractivity contribution in [2.24, 2.45) is 11.8 Å². The lowest BCUT2D eigenvalue weighted by molar-refractivity contribution is -0.147. The molecule has 0 unspecified atom stereocenters. The Labute approximate surface area is 132 Å². The molecule has 0 saturated carbocycles. The number of hydrogen-bond acceptors (Lipinski definition) is 5. The van der Waals surface area contributed by atoms with Crippen LogP contribution in [0.2, 0.25) is 0 Å². The second-order valence-electron chi connectivity index (χ2n) is 5.74. The Morgan fingerprint density at radius 3 is 2.57 bits per heavy atom. The molecule has 0 radical (unpaired) electrons. The van der Waals surface area contributed by atoms with E-state index in [1.807, 2.05) is 0 Å². The fraction of sp³-hybridized carbons (Fsp3) is 0.438. The summed E-state index contributed by atoms with van der Waals surface area (Å²) >= 11 is 0. The monoisotopic (exact) mass is 319 g/mol. The molecule has 2 aliphatic rings. The number of rotatable bonds is 4. The molecular weight excluding hydrogens is 302 g/mol. The predicted molar refractivity (Wildman–Crippen MR) is 78.9 cm³/mol. The van der Waals surface area contributed by atoms with Crippen LogP contribution in [0.1, 0.15) is 23.2 Å². The summed E-state index contributed by atoms with van der Waals surface area (Å²) in [6, 6.07) is 6.32. The summed E-state index contributed by atoms with van der Waals surface area (Å²) < 4.78 is 10.2. The number of amides is 1. The van der Waals surface area contributed by atoms with E-state index in [-0.39, 0.29) is 6.10 Å². The first kappa shape index (κ1) is 15.5. The smallest absolute Gasteiger partial charge is 0.337 e. The van der Waals surface area contributed by atoms with Crippen molar-refractivity contribution >= 4 is 23.5 Å². The number of hydrogen-bond donors (Lipinski definition) is 2. The summed E-state index contributed by atoms with van der Waals surface area (Å²) in [7, 11) is 1.28. The molecule has 1 amide bonds. The van der Waals surface area contributed by atoms with Gasteiger partial charge in [0.05, 0.1) is 36.7 Å². The van der Waals surface area contributed by atoms with Gasteiger partial charge in [-0.15, -0.1) is 0 Å². The number of anilines is 1. The summed E-state index contributed by atoms with van der Waals surface area (Å²) in [5.74, 6) is -3.45. The van der Waals surface area contributed by atoms with Crippen LogP contribution in [0.4, 0.5) is 5.69 Å². The molecule has 122 valence electrons. The average molecular weight is 319 g/mol. The highest BCUT2D eigenvalue weighted by atomic mass is 16.5. The highest BCUT2D eigenvalue weighted by Crippen LogP contribution is 2.44. The number of esters is 1. The zero-order valence-electron chi connectivity index (χ0n) is 12.5. The lowest BCUT2D eigenvalue weighted by Crippen LogP contribution is -2.40. The minimum absolute atomic E-state index is 0.310. The topological polar surface area (TPSA) is 102 Å². The zero-order valence-corrected chi connectivity index (χ0v) is 12.5. The first-order valence-electron chi connectivity index (χ1n) is 7.38. The molecule has 2 bridgehead atoms. The molecular formula is C16H17NO6. The van der Waals surface area contributed by atoms with Gasteiger partial charge >= 0.3 is 11.9 Å². The van der Waals surface area contributed by atoms with E-state index in [4.69, 9.17) is 4.74 Å². The fourth-order valence-electron chi connectivity index (χ4n) is 3.39. The second kappa shape index (κ2) is 6.00. The number of methoxy groups -OCH3 is 1. The standard InChI is InChI=1S/C16H17NO6/c1-22-16(21)8-3-2-4-9(7-8)17-14(18)12-10-5-6-11(23-10)13(12)15(19)20/h2-4,7,10-13H,5-6H2,1H3,(H,17,18)(H,19,20)/t10-,11-,12-,13-/m1/s1. The van der Waals surface area contributed by atoms with Crippen LogP contribution >= 0.6 is 0 Å². The van der Waals surface area contributed by atoms with E-state index in [1.54, 1.807) is 18.2 Å². The molecule has 0 aliphatic carbocycles. The molecule has 7 heteroatoms. The lowest BCUT2D eigenvalue weighted by Gasteiger charge is -2.23. The molecule has 0 aromatic heterocycles. The van der Waals surface area contributed by atoms with Crippen LogP contribution < -0.4 is 5.32 Å². The fourth-order valence-corrected chi connectivity index (χ4v) is 3.39. The highest BCUT2D eigenvalue weighted by molar-refractivity contribution is 5.97. The van der Waals surface area contributed by atoms with Crippen molar-refractivity contribution in [2.75, 3.05) is 12.4 Å². The van der Waals surface area contributed by atoms with Gasteiger partial charge in [0.2, 0.25) is 5.91 Å². The van der Waals surface area contributed by atoms with Gasteiger partial charge in [0.15, 0.2) is 0 Å². The quantitative estimate of drug-likeness (QED) is 0.811. The van der Waals surface area contributed by atoms with Crippen molar-refractivity contribution in [2.45, 2.75) is 25.0 Å². The second-order valence-corrected chi connectivity index (χ2v) is 5.74. The number of benzene rings is 1. The number of fused-ring (bicyclic) bond motifs is 2. The van der Waals surface area contributed by atoms with Gasteiger partial charge in [0.25, 0.3) is 0 Å².